The van der Waals surface area contributed by atoms with E-state index in [1.54, 1.807) is 26.1 Å². The summed E-state index contributed by atoms with van der Waals surface area (Å²) in [6.07, 6.45) is 1.64. The standard InChI is InChI=1S/C18H20N6O2/c1-11-16(12(2)20-17(11)24(25)26)15-9-10-19-18(22-15)21-13-5-7-14(8-6-13)23(3)4/h5-10,20H,1-4H3,(H,19,21,22). The predicted octanol–water partition coefficient (Wildman–Crippen LogP) is 3.81. The van der Waals surface area contributed by atoms with Gasteiger partial charge in [0.15, 0.2) is 0 Å². The minimum atomic E-state index is -0.418. The van der Waals surface area contributed by atoms with Crippen molar-refractivity contribution in [1.29, 1.82) is 0 Å². The smallest absolute Gasteiger partial charge is 0.324 e. The third kappa shape index (κ3) is 3.34. The summed E-state index contributed by atoms with van der Waals surface area (Å²) in [6.45, 7) is 3.51. The van der Waals surface area contributed by atoms with Gasteiger partial charge in [-0.2, -0.15) is 0 Å². The SMILES string of the molecule is Cc1[nH]c([N+](=O)[O-])c(C)c1-c1ccnc(Nc2ccc(N(C)C)cc2)n1. The third-order valence-electron chi connectivity index (χ3n) is 4.15. The summed E-state index contributed by atoms with van der Waals surface area (Å²) in [4.78, 5) is 24.3. The average Bonchev–Trinajstić information content (AvgIpc) is 2.90. The molecule has 0 atom stereocenters. The minimum Gasteiger partial charge on any atom is -0.378 e. The molecule has 0 unspecified atom stereocenters. The fourth-order valence-electron chi connectivity index (χ4n) is 2.83. The summed E-state index contributed by atoms with van der Waals surface area (Å²) in [7, 11) is 3.96. The van der Waals surface area contributed by atoms with Crippen molar-refractivity contribution in [2.24, 2.45) is 0 Å². The Bertz CT molecular complexity index is 947. The zero-order chi connectivity index (χ0) is 18.8. The van der Waals surface area contributed by atoms with Gasteiger partial charge in [-0.3, -0.25) is 0 Å². The van der Waals surface area contributed by atoms with Crippen LogP contribution in [0.25, 0.3) is 11.3 Å². The second kappa shape index (κ2) is 6.83. The van der Waals surface area contributed by atoms with E-state index < -0.39 is 4.92 Å². The van der Waals surface area contributed by atoms with E-state index in [9.17, 15) is 10.1 Å². The molecule has 0 aliphatic rings. The van der Waals surface area contributed by atoms with Crippen molar-refractivity contribution in [2.75, 3.05) is 24.3 Å². The summed E-state index contributed by atoms with van der Waals surface area (Å²) in [6, 6.07) is 9.63. The van der Waals surface area contributed by atoms with Crippen molar-refractivity contribution in [3.05, 3.63) is 57.9 Å². The van der Waals surface area contributed by atoms with Gasteiger partial charge in [0, 0.05) is 31.7 Å². The number of nitrogens with one attached hydrogen (secondary N) is 2. The lowest BCUT2D eigenvalue weighted by molar-refractivity contribution is -0.389. The highest BCUT2D eigenvalue weighted by Gasteiger charge is 2.22. The van der Waals surface area contributed by atoms with E-state index in [1.165, 1.54) is 0 Å². The molecule has 134 valence electrons. The van der Waals surface area contributed by atoms with Crippen LogP contribution in [0.15, 0.2) is 36.5 Å². The van der Waals surface area contributed by atoms with E-state index in [1.807, 2.05) is 43.3 Å². The van der Waals surface area contributed by atoms with E-state index in [2.05, 4.69) is 20.3 Å². The fourth-order valence-corrected chi connectivity index (χ4v) is 2.83. The highest BCUT2D eigenvalue weighted by atomic mass is 16.6. The fraction of sp³-hybridized carbons (Fsp3) is 0.222. The van der Waals surface area contributed by atoms with Crippen LogP contribution in [0.2, 0.25) is 0 Å². The maximum Gasteiger partial charge on any atom is 0.324 e. The molecule has 0 aliphatic heterocycles. The Labute approximate surface area is 151 Å². The number of anilines is 3. The number of H-pyrrole nitrogens is 1. The molecule has 0 fully saturated rings. The lowest BCUT2D eigenvalue weighted by atomic mass is 10.1. The van der Waals surface area contributed by atoms with E-state index in [-0.39, 0.29) is 5.82 Å². The van der Waals surface area contributed by atoms with Gasteiger partial charge in [0.05, 0.1) is 16.8 Å². The van der Waals surface area contributed by atoms with Gasteiger partial charge in [-0.15, -0.1) is 0 Å². The Morgan fingerprint density at radius 3 is 2.42 bits per heavy atom. The van der Waals surface area contributed by atoms with Gasteiger partial charge >= 0.3 is 5.82 Å². The first kappa shape index (κ1) is 17.4. The van der Waals surface area contributed by atoms with Crippen LogP contribution in [0.3, 0.4) is 0 Å². The van der Waals surface area contributed by atoms with Crippen LogP contribution in [-0.4, -0.2) is 34.0 Å². The molecule has 3 rings (SSSR count). The molecular weight excluding hydrogens is 332 g/mol. The number of nitrogens with zero attached hydrogens (tertiary/aromatic N) is 4. The number of hydrogen-bond acceptors (Lipinski definition) is 6. The van der Waals surface area contributed by atoms with E-state index >= 15 is 0 Å². The number of aromatic nitrogens is 3. The topological polar surface area (TPSA) is 100.0 Å². The van der Waals surface area contributed by atoms with Crippen LogP contribution in [-0.2, 0) is 0 Å². The Kier molecular flexibility index (Phi) is 4.57. The van der Waals surface area contributed by atoms with Crippen molar-refractivity contribution < 1.29 is 4.92 Å². The number of aryl methyl sites for hydroxylation is 1. The van der Waals surface area contributed by atoms with Crippen molar-refractivity contribution in [3.63, 3.8) is 0 Å². The molecule has 1 aromatic carbocycles. The third-order valence-corrected chi connectivity index (χ3v) is 4.15. The number of hydrogen-bond donors (Lipinski definition) is 2. The Hall–Kier alpha value is -3.42. The van der Waals surface area contributed by atoms with Gasteiger partial charge in [-0.25, -0.2) is 15.0 Å². The summed E-state index contributed by atoms with van der Waals surface area (Å²) in [5.74, 6) is 0.424. The molecule has 2 aromatic heterocycles. The number of nitro groups is 1. The van der Waals surface area contributed by atoms with Crippen LogP contribution in [0.5, 0.6) is 0 Å². The molecule has 0 saturated carbocycles. The Morgan fingerprint density at radius 2 is 1.85 bits per heavy atom. The quantitative estimate of drug-likeness (QED) is 0.535. The Morgan fingerprint density at radius 1 is 1.15 bits per heavy atom. The van der Waals surface area contributed by atoms with Gasteiger partial charge in [0.2, 0.25) is 5.95 Å². The first-order valence-electron chi connectivity index (χ1n) is 8.08. The maximum atomic E-state index is 11.1. The summed E-state index contributed by atoms with van der Waals surface area (Å²) < 4.78 is 0. The van der Waals surface area contributed by atoms with Crippen LogP contribution in [0.1, 0.15) is 11.3 Å². The molecule has 0 saturated heterocycles. The van der Waals surface area contributed by atoms with Crippen LogP contribution in [0, 0.1) is 24.0 Å². The van der Waals surface area contributed by atoms with E-state index in [4.69, 9.17) is 0 Å². The largest absolute Gasteiger partial charge is 0.378 e. The van der Waals surface area contributed by atoms with Crippen molar-refractivity contribution in [1.82, 2.24) is 15.0 Å². The number of aromatic amines is 1. The van der Waals surface area contributed by atoms with Gasteiger partial charge < -0.3 is 20.3 Å². The summed E-state index contributed by atoms with van der Waals surface area (Å²) in [5, 5.41) is 14.3. The number of rotatable bonds is 5. The lowest BCUT2D eigenvalue weighted by Gasteiger charge is -2.13. The Balaban J connectivity index is 1.91. The molecule has 0 spiro atoms. The average molecular weight is 352 g/mol. The highest BCUT2D eigenvalue weighted by Crippen LogP contribution is 2.32. The van der Waals surface area contributed by atoms with E-state index in [0.29, 0.717) is 22.9 Å². The molecule has 8 nitrogen and oxygen atoms in total. The summed E-state index contributed by atoms with van der Waals surface area (Å²) >= 11 is 0. The first-order chi connectivity index (χ1) is 12.4. The van der Waals surface area contributed by atoms with Crippen LogP contribution < -0.4 is 10.2 Å². The highest BCUT2D eigenvalue weighted by molar-refractivity contribution is 5.72. The molecule has 0 bridgehead atoms. The second-order valence-electron chi connectivity index (χ2n) is 6.19. The monoisotopic (exact) mass is 352 g/mol. The second-order valence-corrected chi connectivity index (χ2v) is 6.19. The zero-order valence-electron chi connectivity index (χ0n) is 15.1. The first-order valence-corrected chi connectivity index (χ1v) is 8.08. The molecule has 8 heteroatoms. The molecular formula is C18H20N6O2. The zero-order valence-corrected chi connectivity index (χ0v) is 15.1. The van der Waals surface area contributed by atoms with Crippen molar-refractivity contribution in [3.8, 4) is 11.3 Å². The summed E-state index contributed by atoms with van der Waals surface area (Å²) in [5.41, 5.74) is 4.58. The molecule has 0 aliphatic carbocycles. The van der Waals surface area contributed by atoms with Gasteiger partial charge in [0.1, 0.15) is 5.69 Å². The molecule has 3 aromatic rings. The maximum absolute atomic E-state index is 11.1. The normalized spacial score (nSPS) is 10.6. The van der Waals surface area contributed by atoms with Crippen LogP contribution in [0.4, 0.5) is 23.1 Å². The number of benzene rings is 1. The van der Waals surface area contributed by atoms with Gasteiger partial charge in [-0.05, 0) is 49.1 Å². The van der Waals surface area contributed by atoms with Crippen LogP contribution >= 0.6 is 0 Å². The lowest BCUT2D eigenvalue weighted by Crippen LogP contribution is -2.08. The molecule has 2 N–H and O–H groups in total. The molecule has 0 amide bonds. The molecule has 26 heavy (non-hydrogen) atoms. The van der Waals surface area contributed by atoms with E-state index in [0.717, 1.165) is 16.9 Å². The minimum absolute atomic E-state index is 0.00936. The van der Waals surface area contributed by atoms with Gasteiger partial charge in [0.25, 0.3) is 0 Å². The van der Waals surface area contributed by atoms with Gasteiger partial charge in [-0.1, -0.05) is 0 Å². The predicted molar refractivity (Wildman–Crippen MR) is 102 cm³/mol. The van der Waals surface area contributed by atoms with Crippen molar-refractivity contribution in [2.45, 2.75) is 13.8 Å². The van der Waals surface area contributed by atoms with Crippen molar-refractivity contribution >= 4 is 23.1 Å². The molecule has 0 radical (unpaired) electrons. The molecule has 2 heterocycles.